The van der Waals surface area contributed by atoms with E-state index in [-0.39, 0.29) is 0 Å². The number of hydrogen-bond donors (Lipinski definition) is 1. The average molecular weight is 291 g/mol. The van der Waals surface area contributed by atoms with Crippen LogP contribution in [-0.4, -0.2) is 6.54 Å². The lowest BCUT2D eigenvalue weighted by molar-refractivity contribution is 0.831. The van der Waals surface area contributed by atoms with Gasteiger partial charge in [-0.25, -0.2) is 0 Å². The molecule has 0 saturated heterocycles. The molecule has 3 rings (SSSR count). The van der Waals surface area contributed by atoms with Gasteiger partial charge in [0.15, 0.2) is 0 Å². The van der Waals surface area contributed by atoms with Crippen LogP contribution < -0.4 is 5.73 Å². The molecule has 0 bridgehead atoms. The van der Waals surface area contributed by atoms with Crippen molar-refractivity contribution in [1.82, 2.24) is 0 Å². The van der Waals surface area contributed by atoms with E-state index in [4.69, 9.17) is 5.73 Å². The first-order chi connectivity index (χ1) is 10.6. The third-order valence-corrected chi connectivity index (χ3v) is 5.22. The Morgan fingerprint density at radius 2 is 1.55 bits per heavy atom. The van der Waals surface area contributed by atoms with E-state index in [2.05, 4.69) is 58.0 Å². The van der Waals surface area contributed by atoms with Gasteiger partial charge in [0.1, 0.15) is 0 Å². The second kappa shape index (κ2) is 5.73. The summed E-state index contributed by atoms with van der Waals surface area (Å²) in [5.74, 6) is 0. The number of rotatable bonds is 3. The van der Waals surface area contributed by atoms with Crippen LogP contribution in [0.3, 0.4) is 0 Å². The maximum absolute atomic E-state index is 5.76. The highest BCUT2D eigenvalue weighted by Gasteiger charge is 2.15. The molecule has 0 unspecified atom stereocenters. The van der Waals surface area contributed by atoms with Crippen molar-refractivity contribution in [3.05, 3.63) is 58.1 Å². The number of fused-ring (bicyclic) bond motifs is 2. The van der Waals surface area contributed by atoms with Crippen molar-refractivity contribution in [2.75, 3.05) is 6.54 Å². The number of hydrogen-bond acceptors (Lipinski definition) is 1. The van der Waals surface area contributed by atoms with Gasteiger partial charge in [0.2, 0.25) is 0 Å². The van der Waals surface area contributed by atoms with E-state index in [0.29, 0.717) is 0 Å². The highest BCUT2D eigenvalue weighted by atomic mass is 14.5. The van der Waals surface area contributed by atoms with E-state index in [1.54, 1.807) is 0 Å². The summed E-state index contributed by atoms with van der Waals surface area (Å²) < 4.78 is 0. The molecule has 0 fully saturated rings. The molecule has 114 valence electrons. The molecule has 0 heterocycles. The second-order valence-corrected chi connectivity index (χ2v) is 6.39. The number of aryl methyl sites for hydroxylation is 3. The van der Waals surface area contributed by atoms with Crippen molar-refractivity contribution in [3.63, 3.8) is 0 Å². The van der Waals surface area contributed by atoms with Crippen molar-refractivity contribution in [3.8, 4) is 0 Å². The fraction of sp³-hybridized carbons (Fsp3) is 0.333. The van der Waals surface area contributed by atoms with Crippen LogP contribution in [0.15, 0.2) is 30.3 Å². The van der Waals surface area contributed by atoms with Crippen LogP contribution in [-0.2, 0) is 6.42 Å². The van der Waals surface area contributed by atoms with Gasteiger partial charge < -0.3 is 5.73 Å². The normalized spacial score (nSPS) is 11.5. The van der Waals surface area contributed by atoms with Crippen molar-refractivity contribution in [2.45, 2.75) is 40.5 Å². The monoisotopic (exact) mass is 291 g/mol. The van der Waals surface area contributed by atoms with Gasteiger partial charge in [-0.3, -0.25) is 0 Å². The summed E-state index contributed by atoms with van der Waals surface area (Å²) in [5, 5.41) is 5.56. The molecular weight excluding hydrogens is 266 g/mol. The maximum Gasteiger partial charge on any atom is -0.00741 e. The third kappa shape index (κ3) is 2.21. The molecule has 0 aliphatic carbocycles. The van der Waals surface area contributed by atoms with Gasteiger partial charge in [0, 0.05) is 0 Å². The molecule has 22 heavy (non-hydrogen) atoms. The largest absolute Gasteiger partial charge is 0.330 e. The van der Waals surface area contributed by atoms with E-state index in [0.717, 1.165) is 19.4 Å². The van der Waals surface area contributed by atoms with Crippen LogP contribution in [0.4, 0.5) is 0 Å². The second-order valence-electron chi connectivity index (χ2n) is 6.39. The average Bonchev–Trinajstić information content (AvgIpc) is 2.53. The third-order valence-electron chi connectivity index (χ3n) is 5.22. The predicted octanol–water partition coefficient (Wildman–Crippen LogP) is 5.12. The lowest BCUT2D eigenvalue weighted by atomic mass is 9.85. The van der Waals surface area contributed by atoms with Crippen LogP contribution in [0.5, 0.6) is 0 Å². The summed E-state index contributed by atoms with van der Waals surface area (Å²) in [7, 11) is 0. The lowest BCUT2D eigenvalue weighted by Crippen LogP contribution is -2.04. The van der Waals surface area contributed by atoms with Crippen molar-refractivity contribution >= 4 is 21.5 Å². The summed E-state index contributed by atoms with van der Waals surface area (Å²) >= 11 is 0. The van der Waals surface area contributed by atoms with Gasteiger partial charge in [-0.2, -0.15) is 0 Å². The molecule has 0 radical (unpaired) electrons. The van der Waals surface area contributed by atoms with Gasteiger partial charge in [0.25, 0.3) is 0 Å². The number of nitrogens with two attached hydrogens (primary N) is 1. The zero-order valence-corrected chi connectivity index (χ0v) is 14.1. The van der Waals surface area contributed by atoms with E-state index in [1.807, 2.05) is 0 Å². The smallest absolute Gasteiger partial charge is 0.00741 e. The molecule has 0 amide bonds. The van der Waals surface area contributed by atoms with Crippen LogP contribution in [0.1, 0.15) is 34.2 Å². The minimum atomic E-state index is 0.750. The molecule has 0 atom stereocenters. The Balaban J connectivity index is 2.48. The first kappa shape index (κ1) is 15.1. The molecule has 1 heteroatoms. The minimum absolute atomic E-state index is 0.750. The summed E-state index contributed by atoms with van der Waals surface area (Å²) in [4.78, 5) is 0. The first-order valence-electron chi connectivity index (χ1n) is 8.17. The number of benzene rings is 3. The zero-order chi connectivity index (χ0) is 15.9. The minimum Gasteiger partial charge on any atom is -0.330 e. The van der Waals surface area contributed by atoms with E-state index in [1.165, 1.54) is 49.4 Å². The standard InChI is InChI=1S/C21H25N/c1-13-14(2)19(10-7-11-22)20-12-17-8-5-6-9-18(17)16(4)21(20)15(13)3/h5-6,8-9,12H,7,10-11,22H2,1-4H3. The zero-order valence-electron chi connectivity index (χ0n) is 14.1. The fourth-order valence-corrected chi connectivity index (χ4v) is 3.75. The van der Waals surface area contributed by atoms with Gasteiger partial charge in [0.05, 0.1) is 0 Å². The molecule has 3 aromatic rings. The maximum atomic E-state index is 5.76. The Kier molecular flexibility index (Phi) is 3.92. The van der Waals surface area contributed by atoms with E-state index >= 15 is 0 Å². The molecule has 2 N–H and O–H groups in total. The predicted molar refractivity (Wildman–Crippen MR) is 97.8 cm³/mol. The van der Waals surface area contributed by atoms with Crippen LogP contribution in [0.25, 0.3) is 21.5 Å². The quantitative estimate of drug-likeness (QED) is 0.666. The summed E-state index contributed by atoms with van der Waals surface area (Å²) in [6, 6.07) is 11.1. The Morgan fingerprint density at radius 1 is 0.818 bits per heavy atom. The van der Waals surface area contributed by atoms with Gasteiger partial charge in [-0.05, 0) is 103 Å². The lowest BCUT2D eigenvalue weighted by Gasteiger charge is -2.19. The Labute approximate surface area is 133 Å². The molecular formula is C21H25N. The molecule has 0 aromatic heterocycles. The summed E-state index contributed by atoms with van der Waals surface area (Å²) in [5.41, 5.74) is 12.9. The Morgan fingerprint density at radius 3 is 2.27 bits per heavy atom. The fourth-order valence-electron chi connectivity index (χ4n) is 3.75. The topological polar surface area (TPSA) is 26.0 Å². The Hall–Kier alpha value is -1.86. The van der Waals surface area contributed by atoms with Crippen molar-refractivity contribution < 1.29 is 0 Å². The Bertz CT molecular complexity index is 859. The van der Waals surface area contributed by atoms with E-state index < -0.39 is 0 Å². The molecule has 0 aliphatic rings. The summed E-state index contributed by atoms with van der Waals surface area (Å²) in [6.07, 6.45) is 2.11. The van der Waals surface area contributed by atoms with E-state index in [9.17, 15) is 0 Å². The first-order valence-corrected chi connectivity index (χ1v) is 8.17. The highest BCUT2D eigenvalue weighted by Crippen LogP contribution is 2.36. The molecule has 1 nitrogen and oxygen atoms in total. The van der Waals surface area contributed by atoms with Gasteiger partial charge in [-0.15, -0.1) is 0 Å². The van der Waals surface area contributed by atoms with Gasteiger partial charge >= 0.3 is 0 Å². The van der Waals surface area contributed by atoms with Gasteiger partial charge in [-0.1, -0.05) is 24.3 Å². The highest BCUT2D eigenvalue weighted by molar-refractivity contribution is 6.05. The molecule has 0 aliphatic heterocycles. The van der Waals surface area contributed by atoms with Crippen molar-refractivity contribution in [2.24, 2.45) is 5.73 Å². The van der Waals surface area contributed by atoms with Crippen LogP contribution in [0.2, 0.25) is 0 Å². The SMILES string of the molecule is Cc1c(C)c(C)c2c(C)c3ccccc3cc2c1CCCN. The molecule has 0 saturated carbocycles. The van der Waals surface area contributed by atoms with Crippen LogP contribution in [0, 0.1) is 27.7 Å². The summed E-state index contributed by atoms with van der Waals surface area (Å²) in [6.45, 7) is 9.79. The van der Waals surface area contributed by atoms with Crippen LogP contribution >= 0.6 is 0 Å². The van der Waals surface area contributed by atoms with Crippen molar-refractivity contribution in [1.29, 1.82) is 0 Å². The molecule has 0 spiro atoms. The molecule has 3 aromatic carbocycles.